The molecule has 1 saturated heterocycles. The van der Waals surface area contributed by atoms with Crippen molar-refractivity contribution in [1.82, 2.24) is 4.72 Å². The first-order chi connectivity index (χ1) is 5.02. The van der Waals surface area contributed by atoms with Crippen LogP contribution in [-0.2, 0) is 10.1 Å². The van der Waals surface area contributed by atoms with Crippen LogP contribution in [0.5, 0.6) is 0 Å². The zero-order valence-electron chi connectivity index (χ0n) is 6.92. The van der Waals surface area contributed by atoms with E-state index in [9.17, 15) is 4.21 Å². The van der Waals surface area contributed by atoms with Gasteiger partial charge in [0.2, 0.25) is 0 Å². The molecule has 0 bridgehead atoms. The summed E-state index contributed by atoms with van der Waals surface area (Å²) < 4.78 is 14.1. The molecule has 0 radical (unpaired) electrons. The standard InChI is InChI=1S/C7H14N2OS/c1-7(6-8)4-3-5-9-11(7,2)10/h11H,3-5H2,1-2H3,(H,9,10)/t7-/m0/s1. The maximum absolute atomic E-state index is 11.8. The minimum absolute atomic E-state index is 0.634. The van der Waals surface area contributed by atoms with Crippen LogP contribution in [0.3, 0.4) is 0 Å². The predicted octanol–water partition coefficient (Wildman–Crippen LogP) is 0.214. The molecule has 3 nitrogen and oxygen atoms in total. The van der Waals surface area contributed by atoms with Crippen LogP contribution in [0.25, 0.3) is 0 Å². The van der Waals surface area contributed by atoms with Crippen molar-refractivity contribution in [2.45, 2.75) is 24.5 Å². The lowest BCUT2D eigenvalue weighted by atomic mass is 10.1. The molecule has 64 valence electrons. The molecule has 0 amide bonds. The Balaban J connectivity index is 2.95. The number of hydrogen-bond acceptors (Lipinski definition) is 2. The van der Waals surface area contributed by atoms with Gasteiger partial charge < -0.3 is 0 Å². The first kappa shape index (κ1) is 8.69. The second kappa shape index (κ2) is 2.58. The highest BCUT2D eigenvalue weighted by Gasteiger charge is 2.38. The molecule has 1 heterocycles. The Morgan fingerprint density at radius 2 is 2.36 bits per heavy atom. The summed E-state index contributed by atoms with van der Waals surface area (Å²) in [6, 6.07) is 2.14. The van der Waals surface area contributed by atoms with Gasteiger partial charge in [0.1, 0.15) is 4.75 Å². The molecule has 4 heteroatoms. The van der Waals surface area contributed by atoms with Crippen LogP contribution in [0.15, 0.2) is 0 Å². The van der Waals surface area contributed by atoms with E-state index in [0.29, 0.717) is 0 Å². The normalized spacial score (nSPS) is 39.0. The summed E-state index contributed by atoms with van der Waals surface area (Å²) in [6.07, 6.45) is 3.36. The summed E-state index contributed by atoms with van der Waals surface area (Å²) in [6.45, 7) is 2.56. The molecular formula is C7H14N2OS. The van der Waals surface area contributed by atoms with Crippen molar-refractivity contribution >= 4 is 10.1 Å². The fourth-order valence-corrected chi connectivity index (χ4v) is 2.97. The first-order valence-electron chi connectivity index (χ1n) is 3.76. The van der Waals surface area contributed by atoms with E-state index >= 15 is 0 Å². The summed E-state index contributed by atoms with van der Waals surface area (Å²) in [5.74, 6) is 0. The zero-order valence-corrected chi connectivity index (χ0v) is 7.82. The minimum atomic E-state index is -2.42. The number of hydrogen-bond donors (Lipinski definition) is 2. The van der Waals surface area contributed by atoms with Gasteiger partial charge in [-0.3, -0.25) is 8.93 Å². The second-order valence-electron chi connectivity index (χ2n) is 3.32. The highest BCUT2D eigenvalue weighted by molar-refractivity contribution is 8.02. The first-order valence-corrected chi connectivity index (χ1v) is 5.91. The summed E-state index contributed by atoms with van der Waals surface area (Å²) in [5.41, 5.74) is 0. The lowest BCUT2D eigenvalue weighted by molar-refractivity contribution is 0.553. The molecule has 1 N–H and O–H groups in total. The van der Waals surface area contributed by atoms with Crippen LogP contribution in [0, 0.1) is 11.3 Å². The predicted molar refractivity (Wildman–Crippen MR) is 46.7 cm³/mol. The Morgan fingerprint density at radius 3 is 2.73 bits per heavy atom. The number of nitrogens with one attached hydrogen (secondary N) is 1. The second-order valence-corrected chi connectivity index (χ2v) is 6.47. The van der Waals surface area contributed by atoms with Gasteiger partial charge in [0.15, 0.2) is 0 Å². The topological polar surface area (TPSA) is 52.9 Å². The van der Waals surface area contributed by atoms with Gasteiger partial charge in [0, 0.05) is 12.8 Å². The lowest BCUT2D eigenvalue weighted by Gasteiger charge is -2.38. The van der Waals surface area contributed by atoms with Crippen molar-refractivity contribution < 1.29 is 4.21 Å². The van der Waals surface area contributed by atoms with Crippen molar-refractivity contribution in [3.05, 3.63) is 0 Å². The minimum Gasteiger partial charge on any atom is -0.270 e. The number of nitriles is 1. The largest absolute Gasteiger partial charge is 0.270 e. The van der Waals surface area contributed by atoms with E-state index in [1.165, 1.54) is 0 Å². The molecule has 1 aliphatic heterocycles. The van der Waals surface area contributed by atoms with Crippen LogP contribution >= 0.6 is 0 Å². The molecule has 1 atom stereocenters. The lowest BCUT2D eigenvalue weighted by Crippen LogP contribution is -2.52. The van der Waals surface area contributed by atoms with Gasteiger partial charge in [0.05, 0.1) is 6.07 Å². The highest BCUT2D eigenvalue weighted by Crippen LogP contribution is 2.28. The van der Waals surface area contributed by atoms with Crippen LogP contribution in [-0.4, -0.2) is 21.8 Å². The average Bonchev–Trinajstić information content (AvgIpc) is 1.95. The zero-order chi connectivity index (χ0) is 8.54. The quantitative estimate of drug-likeness (QED) is 0.516. The van der Waals surface area contributed by atoms with Gasteiger partial charge in [-0.25, -0.2) is 0 Å². The Kier molecular flexibility index (Phi) is 2.04. The van der Waals surface area contributed by atoms with E-state index in [1.54, 1.807) is 13.2 Å². The molecule has 0 aromatic heterocycles. The molecular weight excluding hydrogens is 160 g/mol. The van der Waals surface area contributed by atoms with Crippen molar-refractivity contribution in [3.8, 4) is 6.07 Å². The molecule has 1 rings (SSSR count). The van der Waals surface area contributed by atoms with Crippen LogP contribution in [0.2, 0.25) is 0 Å². The fourth-order valence-electron chi connectivity index (χ4n) is 1.26. The van der Waals surface area contributed by atoms with Gasteiger partial charge in [-0.05, 0) is 29.9 Å². The third-order valence-corrected chi connectivity index (χ3v) is 5.47. The van der Waals surface area contributed by atoms with Crippen molar-refractivity contribution in [1.29, 1.82) is 5.26 Å². The molecule has 0 spiro atoms. The van der Waals surface area contributed by atoms with Gasteiger partial charge in [0.25, 0.3) is 0 Å². The monoisotopic (exact) mass is 174 g/mol. The summed E-state index contributed by atoms with van der Waals surface area (Å²) in [7, 11) is -2.42. The fraction of sp³-hybridized carbons (Fsp3) is 0.857. The van der Waals surface area contributed by atoms with E-state index in [2.05, 4.69) is 10.8 Å². The molecule has 0 aliphatic carbocycles. The molecule has 11 heavy (non-hydrogen) atoms. The van der Waals surface area contributed by atoms with E-state index in [0.717, 1.165) is 19.4 Å². The third kappa shape index (κ3) is 1.31. The van der Waals surface area contributed by atoms with E-state index in [-0.39, 0.29) is 0 Å². The SMILES string of the molecule is C[C@@]1(C#N)CCCN[SH]1(C)=O. The Labute approximate surface area is 68.3 Å². The molecule has 0 aromatic rings. The highest BCUT2D eigenvalue weighted by atomic mass is 32.3. The van der Waals surface area contributed by atoms with Gasteiger partial charge in [-0.1, -0.05) is 0 Å². The summed E-state index contributed by atoms with van der Waals surface area (Å²) >= 11 is 0. The van der Waals surface area contributed by atoms with E-state index < -0.39 is 14.9 Å². The van der Waals surface area contributed by atoms with Crippen molar-refractivity contribution in [3.63, 3.8) is 0 Å². The maximum Gasteiger partial charge on any atom is 0.118 e. The van der Waals surface area contributed by atoms with Crippen LogP contribution in [0.4, 0.5) is 0 Å². The Hall–Kier alpha value is -0.400. The van der Waals surface area contributed by atoms with Gasteiger partial charge in [-0.15, -0.1) is 0 Å². The van der Waals surface area contributed by atoms with Gasteiger partial charge in [-0.2, -0.15) is 5.26 Å². The smallest absolute Gasteiger partial charge is 0.118 e. The third-order valence-electron chi connectivity index (χ3n) is 2.44. The van der Waals surface area contributed by atoms with Crippen LogP contribution < -0.4 is 4.72 Å². The molecule has 1 fully saturated rings. The summed E-state index contributed by atoms with van der Waals surface area (Å²) in [4.78, 5) is 0. The maximum atomic E-state index is 11.8. The Bertz CT molecular complexity index is 245. The molecule has 0 saturated carbocycles. The van der Waals surface area contributed by atoms with E-state index in [4.69, 9.17) is 5.26 Å². The molecule has 0 unspecified atom stereocenters. The molecule has 1 aliphatic rings. The van der Waals surface area contributed by atoms with Crippen molar-refractivity contribution in [2.75, 3.05) is 12.8 Å². The summed E-state index contributed by atoms with van der Waals surface area (Å²) in [5, 5.41) is 8.82. The van der Waals surface area contributed by atoms with Gasteiger partial charge >= 0.3 is 0 Å². The molecule has 0 aromatic carbocycles. The number of thiol groups is 1. The average molecular weight is 174 g/mol. The van der Waals surface area contributed by atoms with E-state index in [1.807, 2.05) is 0 Å². The number of rotatable bonds is 0. The van der Waals surface area contributed by atoms with Crippen molar-refractivity contribution in [2.24, 2.45) is 0 Å². The van der Waals surface area contributed by atoms with Crippen LogP contribution in [0.1, 0.15) is 19.8 Å². The Morgan fingerprint density at radius 1 is 1.73 bits per heavy atom. The number of nitrogens with zero attached hydrogens (tertiary/aromatic N) is 1.